The molecular weight excluding hydrogens is 283 g/mol. The molecule has 2 fully saturated rings. The second-order valence-electron chi connectivity index (χ2n) is 6.35. The summed E-state index contributed by atoms with van der Waals surface area (Å²) in [7, 11) is 1.94. The van der Waals surface area contributed by atoms with Gasteiger partial charge in [0, 0.05) is 51.3 Å². The fraction of sp³-hybridized carbons (Fsp3) is 1.00. The fourth-order valence-corrected chi connectivity index (χ4v) is 3.44. The third-order valence-corrected chi connectivity index (χ3v) is 4.38. The summed E-state index contributed by atoms with van der Waals surface area (Å²) in [6.07, 6.45) is -1.90. The quantitative estimate of drug-likeness (QED) is 0.825. The molecule has 124 valence electrons. The number of piperazine rings is 1. The van der Waals surface area contributed by atoms with E-state index in [0.717, 1.165) is 39.1 Å². The Bertz CT molecular complexity index is 306. The van der Waals surface area contributed by atoms with Crippen LogP contribution in [0.2, 0.25) is 0 Å². The molecule has 0 amide bonds. The second-order valence-corrected chi connectivity index (χ2v) is 6.35. The van der Waals surface area contributed by atoms with E-state index in [2.05, 4.69) is 10.2 Å². The van der Waals surface area contributed by atoms with E-state index in [4.69, 9.17) is 4.74 Å². The fourth-order valence-electron chi connectivity index (χ4n) is 3.44. The maximum Gasteiger partial charge on any atom is 0.401 e. The van der Waals surface area contributed by atoms with Gasteiger partial charge in [-0.3, -0.25) is 4.90 Å². The molecule has 0 aliphatic carbocycles. The summed E-state index contributed by atoms with van der Waals surface area (Å²) in [5, 5.41) is 3.24. The van der Waals surface area contributed by atoms with Gasteiger partial charge >= 0.3 is 6.18 Å². The van der Waals surface area contributed by atoms with Crippen molar-refractivity contribution in [2.45, 2.75) is 19.0 Å². The van der Waals surface area contributed by atoms with Crippen LogP contribution >= 0.6 is 0 Å². The maximum atomic E-state index is 12.4. The van der Waals surface area contributed by atoms with Gasteiger partial charge in [-0.05, 0) is 19.9 Å². The van der Waals surface area contributed by atoms with Gasteiger partial charge in [-0.25, -0.2) is 0 Å². The van der Waals surface area contributed by atoms with Crippen molar-refractivity contribution in [2.75, 3.05) is 66.1 Å². The zero-order valence-electron chi connectivity index (χ0n) is 12.7. The van der Waals surface area contributed by atoms with Gasteiger partial charge in [-0.2, -0.15) is 13.2 Å². The molecule has 4 nitrogen and oxygen atoms in total. The molecule has 0 saturated carbocycles. The standard InChI is InChI=1S/C14H26F3N3O/c1-18-9-13(3-2-8-21-12-13)10-19-4-6-20(7-5-19)11-14(15,16)17/h18H,2-12H2,1H3. The van der Waals surface area contributed by atoms with Gasteiger partial charge < -0.3 is 15.0 Å². The van der Waals surface area contributed by atoms with Gasteiger partial charge in [-0.15, -0.1) is 0 Å². The average molecular weight is 309 g/mol. The number of alkyl halides is 3. The van der Waals surface area contributed by atoms with Crippen molar-refractivity contribution in [1.82, 2.24) is 15.1 Å². The second kappa shape index (κ2) is 7.26. The lowest BCUT2D eigenvalue weighted by Gasteiger charge is -2.43. The van der Waals surface area contributed by atoms with Gasteiger partial charge in [0.25, 0.3) is 0 Å². The topological polar surface area (TPSA) is 27.7 Å². The number of ether oxygens (including phenoxy) is 1. The summed E-state index contributed by atoms with van der Waals surface area (Å²) >= 11 is 0. The van der Waals surface area contributed by atoms with Gasteiger partial charge in [-0.1, -0.05) is 0 Å². The highest BCUT2D eigenvalue weighted by molar-refractivity contribution is 4.88. The predicted octanol–water partition coefficient (Wildman–Crippen LogP) is 1.18. The van der Waals surface area contributed by atoms with E-state index in [1.54, 1.807) is 0 Å². The van der Waals surface area contributed by atoms with Crippen molar-refractivity contribution >= 4 is 0 Å². The first-order valence-electron chi connectivity index (χ1n) is 7.66. The van der Waals surface area contributed by atoms with Crippen molar-refractivity contribution in [3.8, 4) is 0 Å². The van der Waals surface area contributed by atoms with E-state index in [-0.39, 0.29) is 5.41 Å². The summed E-state index contributed by atoms with van der Waals surface area (Å²) in [4.78, 5) is 3.79. The van der Waals surface area contributed by atoms with Gasteiger partial charge in [0.05, 0.1) is 13.2 Å². The van der Waals surface area contributed by atoms with E-state index in [1.165, 1.54) is 4.90 Å². The zero-order chi connectivity index (χ0) is 15.3. The Morgan fingerprint density at radius 2 is 1.81 bits per heavy atom. The predicted molar refractivity (Wildman–Crippen MR) is 75.3 cm³/mol. The number of hydrogen-bond acceptors (Lipinski definition) is 4. The van der Waals surface area contributed by atoms with Crippen LogP contribution in [0.4, 0.5) is 13.2 Å². The van der Waals surface area contributed by atoms with Crippen molar-refractivity contribution in [3.63, 3.8) is 0 Å². The molecule has 0 spiro atoms. The number of nitrogens with zero attached hydrogens (tertiary/aromatic N) is 2. The summed E-state index contributed by atoms with van der Waals surface area (Å²) in [6, 6.07) is 0. The van der Waals surface area contributed by atoms with E-state index in [1.807, 2.05) is 7.05 Å². The summed E-state index contributed by atoms with van der Waals surface area (Å²) in [6.45, 7) is 5.01. The first kappa shape index (κ1) is 17.0. The van der Waals surface area contributed by atoms with Crippen LogP contribution in [0.25, 0.3) is 0 Å². The highest BCUT2D eigenvalue weighted by Crippen LogP contribution is 2.29. The SMILES string of the molecule is CNCC1(CN2CCN(CC(F)(F)F)CC2)CCCOC1. The third kappa shape index (κ3) is 5.39. The number of hydrogen-bond donors (Lipinski definition) is 1. The summed E-state index contributed by atoms with van der Waals surface area (Å²) in [5.41, 5.74) is 0.110. The van der Waals surface area contributed by atoms with E-state index >= 15 is 0 Å². The van der Waals surface area contributed by atoms with E-state index in [0.29, 0.717) is 26.2 Å². The van der Waals surface area contributed by atoms with Crippen molar-refractivity contribution in [2.24, 2.45) is 5.41 Å². The first-order chi connectivity index (χ1) is 9.92. The van der Waals surface area contributed by atoms with Gasteiger partial charge in [0.15, 0.2) is 0 Å². The van der Waals surface area contributed by atoms with Crippen LogP contribution in [0.5, 0.6) is 0 Å². The molecule has 2 aliphatic heterocycles. The lowest BCUT2D eigenvalue weighted by atomic mass is 9.81. The summed E-state index contributed by atoms with van der Waals surface area (Å²) < 4.78 is 42.8. The van der Waals surface area contributed by atoms with Crippen LogP contribution in [0, 0.1) is 5.41 Å². The molecule has 2 saturated heterocycles. The van der Waals surface area contributed by atoms with E-state index in [9.17, 15) is 13.2 Å². The molecule has 1 unspecified atom stereocenters. The van der Waals surface area contributed by atoms with Crippen LogP contribution < -0.4 is 5.32 Å². The molecule has 7 heteroatoms. The van der Waals surface area contributed by atoms with Crippen molar-refractivity contribution in [1.29, 1.82) is 0 Å². The first-order valence-corrected chi connectivity index (χ1v) is 7.66. The minimum Gasteiger partial charge on any atom is -0.381 e. The number of halogens is 3. The average Bonchev–Trinajstić information content (AvgIpc) is 2.41. The Morgan fingerprint density at radius 3 is 2.33 bits per heavy atom. The molecule has 1 atom stereocenters. The Hall–Kier alpha value is -0.370. The van der Waals surface area contributed by atoms with Crippen LogP contribution in [0.1, 0.15) is 12.8 Å². The largest absolute Gasteiger partial charge is 0.401 e. The highest BCUT2D eigenvalue weighted by atomic mass is 19.4. The molecule has 2 rings (SSSR count). The third-order valence-electron chi connectivity index (χ3n) is 4.38. The Labute approximate surface area is 124 Å². The molecule has 2 heterocycles. The minimum atomic E-state index is -4.09. The van der Waals surface area contributed by atoms with E-state index < -0.39 is 12.7 Å². The normalized spacial score (nSPS) is 29.7. The van der Waals surface area contributed by atoms with Gasteiger partial charge in [0.2, 0.25) is 0 Å². The molecule has 0 bridgehead atoms. The molecule has 0 aromatic carbocycles. The molecular formula is C14H26F3N3O. The zero-order valence-corrected chi connectivity index (χ0v) is 12.7. The summed E-state index contributed by atoms with van der Waals surface area (Å²) in [5.74, 6) is 0. The highest BCUT2D eigenvalue weighted by Gasteiger charge is 2.36. The lowest BCUT2D eigenvalue weighted by Crippen LogP contribution is -2.54. The lowest BCUT2D eigenvalue weighted by molar-refractivity contribution is -0.150. The van der Waals surface area contributed by atoms with Crippen molar-refractivity contribution in [3.05, 3.63) is 0 Å². The van der Waals surface area contributed by atoms with Crippen LogP contribution in [0.15, 0.2) is 0 Å². The Kier molecular flexibility index (Phi) is 5.88. The molecule has 2 aliphatic rings. The smallest absolute Gasteiger partial charge is 0.381 e. The molecule has 0 radical (unpaired) electrons. The molecule has 0 aromatic rings. The van der Waals surface area contributed by atoms with Crippen molar-refractivity contribution < 1.29 is 17.9 Å². The molecule has 0 aromatic heterocycles. The monoisotopic (exact) mass is 309 g/mol. The Balaban J connectivity index is 1.81. The minimum absolute atomic E-state index is 0.110. The van der Waals surface area contributed by atoms with Crippen LogP contribution in [0.3, 0.4) is 0 Å². The number of nitrogens with one attached hydrogen (secondary N) is 1. The van der Waals surface area contributed by atoms with Gasteiger partial charge in [0.1, 0.15) is 0 Å². The molecule has 21 heavy (non-hydrogen) atoms. The van der Waals surface area contributed by atoms with Crippen LogP contribution in [-0.2, 0) is 4.74 Å². The Morgan fingerprint density at radius 1 is 1.14 bits per heavy atom. The number of rotatable bonds is 5. The molecule has 1 N–H and O–H groups in total. The van der Waals surface area contributed by atoms with Crippen LogP contribution in [-0.4, -0.2) is 82.1 Å². The maximum absolute atomic E-state index is 12.4.